The van der Waals surface area contributed by atoms with Crippen molar-refractivity contribution in [3.05, 3.63) is 35.9 Å². The Morgan fingerprint density at radius 3 is 2.26 bits per heavy atom. The monoisotopic (exact) mass is 583 g/mol. The van der Waals surface area contributed by atoms with Gasteiger partial charge in [-0.1, -0.05) is 49.6 Å². The minimum absolute atomic E-state index is 0. The van der Waals surface area contributed by atoms with Gasteiger partial charge in [-0.2, -0.15) is 0 Å². The van der Waals surface area contributed by atoms with E-state index in [4.69, 9.17) is 0 Å². The first kappa shape index (κ1) is 33.3. The molecule has 3 aliphatic rings. The van der Waals surface area contributed by atoms with Gasteiger partial charge in [-0.15, -0.1) is 24.8 Å². The van der Waals surface area contributed by atoms with E-state index in [0.717, 1.165) is 50.6 Å². The van der Waals surface area contributed by atoms with Crippen LogP contribution in [-0.4, -0.2) is 78.4 Å². The summed E-state index contributed by atoms with van der Waals surface area (Å²) in [6.45, 7) is 7.82. The van der Waals surface area contributed by atoms with E-state index >= 15 is 0 Å². The molecule has 2 heterocycles. The molecule has 0 radical (unpaired) electrons. The van der Waals surface area contributed by atoms with Crippen molar-refractivity contribution in [3.8, 4) is 0 Å². The van der Waals surface area contributed by atoms with Crippen LogP contribution in [-0.2, 0) is 19.9 Å². The van der Waals surface area contributed by atoms with Crippen LogP contribution >= 0.6 is 24.8 Å². The van der Waals surface area contributed by atoms with E-state index in [1.807, 2.05) is 44.2 Å². The number of nitrogens with one attached hydrogen (secondary N) is 3. The van der Waals surface area contributed by atoms with E-state index in [-0.39, 0.29) is 54.5 Å². The van der Waals surface area contributed by atoms with Crippen molar-refractivity contribution in [2.75, 3.05) is 26.7 Å². The lowest BCUT2D eigenvalue weighted by atomic mass is 9.82. The topological polar surface area (TPSA) is 93.8 Å². The number of hydrogen-bond acceptors (Lipinski definition) is 5. The van der Waals surface area contributed by atoms with E-state index in [0.29, 0.717) is 13.1 Å². The van der Waals surface area contributed by atoms with Crippen LogP contribution in [0.25, 0.3) is 0 Å². The number of amides is 3. The number of likely N-dealkylation sites (N-methyl/N-ethyl adjacent to an activating group) is 1. The Bertz CT molecular complexity index is 958. The first-order valence-electron chi connectivity index (χ1n) is 14.1. The van der Waals surface area contributed by atoms with Crippen molar-refractivity contribution in [2.24, 2.45) is 5.92 Å². The molecule has 2 aliphatic heterocycles. The Hall–Kier alpha value is -1.87. The summed E-state index contributed by atoms with van der Waals surface area (Å²) < 4.78 is 0. The van der Waals surface area contributed by atoms with Crippen molar-refractivity contribution < 1.29 is 14.4 Å². The van der Waals surface area contributed by atoms with E-state index < -0.39 is 23.7 Å². The lowest BCUT2D eigenvalue weighted by molar-refractivity contribution is -0.150. The van der Waals surface area contributed by atoms with Gasteiger partial charge in [0, 0.05) is 19.1 Å². The Morgan fingerprint density at radius 1 is 0.949 bits per heavy atom. The second kappa shape index (κ2) is 14.7. The Morgan fingerprint density at radius 2 is 1.62 bits per heavy atom. The fourth-order valence-corrected chi connectivity index (χ4v) is 6.24. The van der Waals surface area contributed by atoms with Gasteiger partial charge in [0.1, 0.15) is 12.1 Å². The van der Waals surface area contributed by atoms with Crippen LogP contribution in [0.5, 0.6) is 0 Å². The molecule has 1 aromatic carbocycles. The molecule has 39 heavy (non-hydrogen) atoms. The summed E-state index contributed by atoms with van der Waals surface area (Å²) in [4.78, 5) is 45.2. The second-order valence-electron chi connectivity index (χ2n) is 11.7. The number of nitrogens with zero attached hydrogens (tertiary/aromatic N) is 2. The predicted molar refractivity (Wildman–Crippen MR) is 159 cm³/mol. The molecule has 4 atom stereocenters. The Balaban J connectivity index is 0.00000267. The number of carbonyl (C=O) groups excluding carboxylic acids is 3. The highest BCUT2D eigenvalue weighted by atomic mass is 35.5. The van der Waals surface area contributed by atoms with Crippen molar-refractivity contribution in [1.29, 1.82) is 0 Å². The highest BCUT2D eigenvalue weighted by Gasteiger charge is 2.46. The van der Waals surface area contributed by atoms with Gasteiger partial charge < -0.3 is 20.9 Å². The predicted octanol–water partition coefficient (Wildman–Crippen LogP) is 3.23. The van der Waals surface area contributed by atoms with E-state index in [1.165, 1.54) is 6.42 Å². The minimum atomic E-state index is -0.603. The van der Waals surface area contributed by atoms with Gasteiger partial charge in [-0.25, -0.2) is 0 Å². The maximum Gasteiger partial charge on any atom is 0.246 e. The molecular weight excluding hydrogens is 537 g/mol. The molecule has 3 fully saturated rings. The normalized spacial score (nSPS) is 23.4. The summed E-state index contributed by atoms with van der Waals surface area (Å²) in [7, 11) is 1.75. The molecule has 1 saturated carbocycles. The van der Waals surface area contributed by atoms with Crippen LogP contribution in [0.4, 0.5) is 0 Å². The molecule has 2 saturated heterocycles. The maximum atomic E-state index is 14.3. The number of halogens is 2. The smallest absolute Gasteiger partial charge is 0.246 e. The molecular formula is C29H47Cl2N5O3. The third-order valence-electron chi connectivity index (χ3n) is 8.72. The zero-order valence-electron chi connectivity index (χ0n) is 23.8. The number of carbonyl (C=O) groups is 3. The van der Waals surface area contributed by atoms with Crippen molar-refractivity contribution in [2.45, 2.75) is 95.4 Å². The second-order valence-corrected chi connectivity index (χ2v) is 11.7. The average molecular weight is 585 g/mol. The summed E-state index contributed by atoms with van der Waals surface area (Å²) in [5.41, 5.74) is 0.443. The summed E-state index contributed by atoms with van der Waals surface area (Å²) >= 11 is 0. The summed E-state index contributed by atoms with van der Waals surface area (Å²) in [5.74, 6) is -0.310. The Kier molecular flexibility index (Phi) is 12.5. The van der Waals surface area contributed by atoms with Gasteiger partial charge in [-0.05, 0) is 71.5 Å². The molecule has 1 aromatic rings. The lowest BCUT2D eigenvalue weighted by Crippen LogP contribution is -2.67. The molecule has 3 amide bonds. The zero-order valence-corrected chi connectivity index (χ0v) is 25.4. The number of rotatable bonds is 8. The van der Waals surface area contributed by atoms with Gasteiger partial charge in [0.2, 0.25) is 17.7 Å². The van der Waals surface area contributed by atoms with Crippen LogP contribution in [0, 0.1) is 5.92 Å². The molecule has 4 rings (SSSR count). The molecule has 3 N–H and O–H groups in total. The highest BCUT2D eigenvalue weighted by molar-refractivity contribution is 5.93. The van der Waals surface area contributed by atoms with E-state index in [2.05, 4.69) is 20.9 Å². The van der Waals surface area contributed by atoms with Crippen molar-refractivity contribution >= 4 is 42.5 Å². The van der Waals surface area contributed by atoms with Gasteiger partial charge in [-0.3, -0.25) is 19.3 Å². The first-order valence-corrected chi connectivity index (χ1v) is 14.1. The van der Waals surface area contributed by atoms with Gasteiger partial charge in [0.15, 0.2) is 0 Å². The first-order chi connectivity index (χ1) is 17.7. The lowest BCUT2D eigenvalue weighted by Gasteiger charge is -2.46. The fourth-order valence-electron chi connectivity index (χ4n) is 6.24. The molecule has 220 valence electrons. The highest BCUT2D eigenvalue weighted by Crippen LogP contribution is 2.31. The summed E-state index contributed by atoms with van der Waals surface area (Å²) in [6.07, 6.45) is 7.26. The van der Waals surface area contributed by atoms with Crippen LogP contribution in [0.3, 0.4) is 0 Å². The minimum Gasteiger partial charge on any atom is -0.345 e. The SMILES string of the molecule is CN[C@@H](C)C(=O)N[C@H](C(=O)N1C[C@H]2CCCN2CC1C(=O)NC(C)(C)c1ccccc1)C1CCCCC1.Cl.Cl. The standard InChI is InChI=1S/C29H45N5O3.2ClH/c1-20(30-4)26(35)31-25(21-12-7-5-8-13-21)28(37)34-18-23-16-11-17-33(23)19-24(34)27(36)32-29(2,3)22-14-9-6-10-15-22;;/h6,9-10,14-15,20-21,23-25,30H,5,7-8,11-13,16-19H2,1-4H3,(H,31,35)(H,32,36);2*1H/t20-,23+,24?,25-;;/m0../s1. The largest absolute Gasteiger partial charge is 0.345 e. The van der Waals surface area contributed by atoms with Crippen LogP contribution in [0.1, 0.15) is 71.3 Å². The van der Waals surface area contributed by atoms with Crippen molar-refractivity contribution in [1.82, 2.24) is 25.8 Å². The number of piperazine rings is 1. The van der Waals surface area contributed by atoms with Crippen LogP contribution in [0.15, 0.2) is 30.3 Å². The van der Waals surface area contributed by atoms with Gasteiger partial charge >= 0.3 is 0 Å². The number of benzene rings is 1. The maximum absolute atomic E-state index is 14.3. The molecule has 1 aliphatic carbocycles. The molecule has 8 nitrogen and oxygen atoms in total. The third kappa shape index (κ3) is 7.87. The molecule has 0 spiro atoms. The van der Waals surface area contributed by atoms with Crippen molar-refractivity contribution in [3.63, 3.8) is 0 Å². The molecule has 0 aromatic heterocycles. The summed E-state index contributed by atoms with van der Waals surface area (Å²) in [5, 5.41) is 9.31. The Labute approximate surface area is 246 Å². The van der Waals surface area contributed by atoms with Crippen LogP contribution < -0.4 is 16.0 Å². The van der Waals surface area contributed by atoms with E-state index in [9.17, 15) is 14.4 Å². The third-order valence-corrected chi connectivity index (χ3v) is 8.72. The van der Waals surface area contributed by atoms with E-state index in [1.54, 1.807) is 18.9 Å². The van der Waals surface area contributed by atoms with Gasteiger partial charge in [0.25, 0.3) is 0 Å². The molecule has 0 bridgehead atoms. The zero-order chi connectivity index (χ0) is 26.6. The van der Waals surface area contributed by atoms with Gasteiger partial charge in [0.05, 0.1) is 11.6 Å². The molecule has 10 heteroatoms. The average Bonchev–Trinajstić information content (AvgIpc) is 3.38. The van der Waals surface area contributed by atoms with Crippen LogP contribution in [0.2, 0.25) is 0 Å². The fraction of sp³-hybridized carbons (Fsp3) is 0.690. The quantitative estimate of drug-likeness (QED) is 0.437. The number of hydrogen-bond donors (Lipinski definition) is 3. The number of fused-ring (bicyclic) bond motifs is 1. The molecule has 1 unspecified atom stereocenters. The summed E-state index contributed by atoms with van der Waals surface area (Å²) in [6, 6.07) is 8.62.